The normalized spacial score (nSPS) is 18.9. The van der Waals surface area contributed by atoms with Gasteiger partial charge >= 0.3 is 0 Å². The molecule has 1 fully saturated rings. The Morgan fingerprint density at radius 3 is 2.53 bits per heavy atom. The molecule has 6 nitrogen and oxygen atoms in total. The summed E-state index contributed by atoms with van der Waals surface area (Å²) in [4.78, 5) is 14.7. The Kier molecular flexibility index (Phi) is 5.62. The first-order chi connectivity index (χ1) is 16.4. The minimum absolute atomic E-state index is 0.00259. The van der Waals surface area contributed by atoms with Gasteiger partial charge in [-0.25, -0.2) is 4.39 Å². The molecular weight excluding hydrogens is 457 g/mol. The average Bonchev–Trinajstić information content (AvgIpc) is 3.19. The number of piperazine rings is 1. The maximum absolute atomic E-state index is 15.8. The third-order valence-electron chi connectivity index (χ3n) is 6.89. The fourth-order valence-electron chi connectivity index (χ4n) is 5.36. The van der Waals surface area contributed by atoms with Crippen molar-refractivity contribution in [2.75, 3.05) is 38.8 Å². The number of carbonyl (C=O) groups excluding carboxylic acids is 1. The lowest BCUT2D eigenvalue weighted by Crippen LogP contribution is -2.57. The smallest absolute Gasteiger partial charge is 0.249 e. The highest BCUT2D eigenvalue weighted by Gasteiger charge is 2.48. The summed E-state index contributed by atoms with van der Waals surface area (Å²) in [6.45, 7) is 2.25. The summed E-state index contributed by atoms with van der Waals surface area (Å²) < 4.78 is 26.6. The quantitative estimate of drug-likeness (QED) is 0.573. The number of methoxy groups -OCH3 is 2. The second kappa shape index (κ2) is 8.49. The lowest BCUT2D eigenvalue weighted by atomic mass is 9.83. The lowest BCUT2D eigenvalue weighted by Gasteiger charge is -2.45. The SMILES string of the molecule is COc1ccc(C(N)=O)c(-c2c(Cl)c(OC)cc3c2C[C@]2(c4ccccc4)CNCCN32)c1F. The number of nitrogens with zero attached hydrogens (tertiary/aromatic N) is 1. The van der Waals surface area contributed by atoms with Crippen molar-refractivity contribution in [3.05, 3.63) is 76.1 Å². The first kappa shape index (κ1) is 22.5. The highest BCUT2D eigenvalue weighted by atomic mass is 35.5. The molecule has 34 heavy (non-hydrogen) atoms. The van der Waals surface area contributed by atoms with Crippen LogP contribution in [0.3, 0.4) is 0 Å². The summed E-state index contributed by atoms with van der Waals surface area (Å²) >= 11 is 6.84. The standard InChI is InChI=1S/C26H25ClFN3O3/c1-33-19-9-8-16(25(29)32)22(24(19)28)21-17-13-26(15-6-4-3-5-7-15)14-30-10-11-31(26)18(17)12-20(34-2)23(21)27/h3-9,12,30H,10-11,13-14H2,1-2H3,(H2,29,32)/t26-/m1/s1. The summed E-state index contributed by atoms with van der Waals surface area (Å²) in [5.74, 6) is -1.04. The largest absolute Gasteiger partial charge is 0.495 e. The number of rotatable bonds is 5. The van der Waals surface area contributed by atoms with Gasteiger partial charge in [0.2, 0.25) is 5.91 Å². The van der Waals surface area contributed by atoms with E-state index >= 15 is 4.39 Å². The highest BCUT2D eigenvalue weighted by Crippen LogP contribution is 2.54. The first-order valence-electron chi connectivity index (χ1n) is 11.0. The monoisotopic (exact) mass is 481 g/mol. The summed E-state index contributed by atoms with van der Waals surface area (Å²) in [5, 5.41) is 3.75. The van der Waals surface area contributed by atoms with E-state index in [4.69, 9.17) is 26.8 Å². The second-order valence-corrected chi connectivity index (χ2v) is 8.91. The molecule has 5 rings (SSSR count). The minimum atomic E-state index is -0.751. The number of amides is 1. The molecule has 2 aliphatic rings. The molecule has 8 heteroatoms. The number of anilines is 1. The lowest BCUT2D eigenvalue weighted by molar-refractivity contribution is 0.100. The van der Waals surface area contributed by atoms with Gasteiger partial charge in [0.15, 0.2) is 11.6 Å². The number of benzene rings is 3. The fourth-order valence-corrected chi connectivity index (χ4v) is 5.70. The Morgan fingerprint density at radius 1 is 1.12 bits per heavy atom. The van der Waals surface area contributed by atoms with E-state index in [9.17, 15) is 4.79 Å². The van der Waals surface area contributed by atoms with Crippen LogP contribution in [0.1, 0.15) is 21.5 Å². The van der Waals surface area contributed by atoms with Crippen molar-refractivity contribution in [1.29, 1.82) is 0 Å². The summed E-state index contributed by atoms with van der Waals surface area (Å²) in [6.07, 6.45) is 0.563. The van der Waals surface area contributed by atoms with Crippen LogP contribution in [0.2, 0.25) is 5.02 Å². The van der Waals surface area contributed by atoms with Gasteiger partial charge in [0.1, 0.15) is 5.75 Å². The van der Waals surface area contributed by atoms with Gasteiger partial charge in [-0.2, -0.15) is 0 Å². The second-order valence-electron chi connectivity index (χ2n) is 8.54. The number of carbonyl (C=O) groups is 1. The number of ether oxygens (including phenoxy) is 2. The van der Waals surface area contributed by atoms with E-state index in [0.717, 1.165) is 29.9 Å². The third-order valence-corrected chi connectivity index (χ3v) is 7.27. The van der Waals surface area contributed by atoms with Gasteiger partial charge in [-0.1, -0.05) is 41.9 Å². The van der Waals surface area contributed by atoms with Crippen LogP contribution in [-0.4, -0.2) is 39.8 Å². The zero-order chi connectivity index (χ0) is 24.0. The molecule has 0 bridgehead atoms. The van der Waals surface area contributed by atoms with Crippen molar-refractivity contribution in [3.63, 3.8) is 0 Å². The van der Waals surface area contributed by atoms with Crippen LogP contribution < -0.4 is 25.4 Å². The molecule has 0 aliphatic carbocycles. The topological polar surface area (TPSA) is 76.8 Å². The van der Waals surface area contributed by atoms with Crippen LogP contribution in [-0.2, 0) is 12.0 Å². The van der Waals surface area contributed by atoms with Crippen LogP contribution in [0, 0.1) is 5.82 Å². The predicted octanol–water partition coefficient (Wildman–Crippen LogP) is 4.12. The van der Waals surface area contributed by atoms with Gasteiger partial charge < -0.3 is 25.4 Å². The number of hydrogen-bond donors (Lipinski definition) is 2. The number of halogens is 2. The summed E-state index contributed by atoms with van der Waals surface area (Å²) in [7, 11) is 2.89. The molecule has 3 aromatic rings. The van der Waals surface area contributed by atoms with Crippen molar-refractivity contribution in [2.24, 2.45) is 5.73 Å². The number of nitrogens with one attached hydrogen (secondary N) is 1. The average molecular weight is 482 g/mol. The van der Waals surface area contributed by atoms with Crippen LogP contribution >= 0.6 is 11.6 Å². The maximum atomic E-state index is 15.8. The number of primary amides is 1. The molecule has 0 radical (unpaired) electrons. The molecular formula is C26H25ClFN3O3. The van der Waals surface area contributed by atoms with Crippen LogP contribution in [0.25, 0.3) is 11.1 Å². The Morgan fingerprint density at radius 2 is 1.85 bits per heavy atom. The van der Waals surface area contributed by atoms with E-state index in [1.165, 1.54) is 26.4 Å². The van der Waals surface area contributed by atoms with E-state index in [1.807, 2.05) is 24.3 Å². The number of nitrogens with two attached hydrogens (primary N) is 1. The van der Waals surface area contributed by atoms with Crippen molar-refractivity contribution in [3.8, 4) is 22.6 Å². The van der Waals surface area contributed by atoms with Crippen LogP contribution in [0.5, 0.6) is 11.5 Å². The Bertz CT molecular complexity index is 1280. The van der Waals surface area contributed by atoms with E-state index in [2.05, 4.69) is 22.3 Å². The molecule has 1 saturated heterocycles. The number of hydrogen-bond acceptors (Lipinski definition) is 5. The highest BCUT2D eigenvalue weighted by molar-refractivity contribution is 6.35. The van der Waals surface area contributed by atoms with E-state index < -0.39 is 17.3 Å². The van der Waals surface area contributed by atoms with E-state index in [-0.39, 0.29) is 21.9 Å². The zero-order valence-electron chi connectivity index (χ0n) is 19.0. The first-order valence-corrected chi connectivity index (χ1v) is 11.4. The summed E-state index contributed by atoms with van der Waals surface area (Å²) in [6, 6.07) is 15.0. The van der Waals surface area contributed by atoms with E-state index in [1.54, 1.807) is 0 Å². The van der Waals surface area contributed by atoms with Crippen LogP contribution in [0.4, 0.5) is 10.1 Å². The molecule has 0 unspecified atom stereocenters. The molecule has 3 N–H and O–H groups in total. The van der Waals surface area contributed by atoms with Crippen molar-refractivity contribution < 1.29 is 18.7 Å². The molecule has 0 saturated carbocycles. The predicted molar refractivity (Wildman–Crippen MR) is 131 cm³/mol. The Balaban J connectivity index is 1.84. The van der Waals surface area contributed by atoms with Gasteiger partial charge in [0, 0.05) is 48.9 Å². The Hall–Kier alpha value is -3.29. The zero-order valence-corrected chi connectivity index (χ0v) is 19.7. The van der Waals surface area contributed by atoms with Gasteiger partial charge in [0.05, 0.1) is 30.3 Å². The van der Waals surface area contributed by atoms with Crippen molar-refractivity contribution in [2.45, 2.75) is 12.0 Å². The third kappa shape index (κ3) is 3.22. The molecule has 2 heterocycles. The number of fused-ring (bicyclic) bond motifs is 3. The molecule has 0 spiro atoms. The van der Waals surface area contributed by atoms with Crippen LogP contribution in [0.15, 0.2) is 48.5 Å². The molecule has 0 aromatic heterocycles. The van der Waals surface area contributed by atoms with Gasteiger partial charge in [-0.3, -0.25) is 4.79 Å². The maximum Gasteiger partial charge on any atom is 0.249 e. The van der Waals surface area contributed by atoms with Gasteiger partial charge in [0.25, 0.3) is 0 Å². The molecule has 176 valence electrons. The molecule has 1 atom stereocenters. The van der Waals surface area contributed by atoms with Gasteiger partial charge in [-0.05, 0) is 23.3 Å². The summed E-state index contributed by atoms with van der Waals surface area (Å²) in [5.41, 5.74) is 8.63. The fraction of sp³-hybridized carbons (Fsp3) is 0.269. The van der Waals surface area contributed by atoms with Crippen molar-refractivity contribution in [1.82, 2.24) is 5.32 Å². The van der Waals surface area contributed by atoms with Gasteiger partial charge in [-0.15, -0.1) is 0 Å². The Labute approximate surface area is 202 Å². The minimum Gasteiger partial charge on any atom is -0.495 e. The van der Waals surface area contributed by atoms with E-state index in [0.29, 0.717) is 24.3 Å². The molecule has 1 amide bonds. The van der Waals surface area contributed by atoms with Crippen molar-refractivity contribution >= 4 is 23.2 Å². The molecule has 3 aromatic carbocycles. The molecule has 2 aliphatic heterocycles.